The van der Waals surface area contributed by atoms with Gasteiger partial charge >= 0.3 is 0 Å². The van der Waals surface area contributed by atoms with E-state index in [0.29, 0.717) is 5.92 Å². The lowest BCUT2D eigenvalue weighted by Crippen LogP contribution is -2.12. The molecule has 1 saturated carbocycles. The number of hydrogen-bond acceptors (Lipinski definition) is 1. The lowest BCUT2D eigenvalue weighted by atomic mass is 10.0. The van der Waals surface area contributed by atoms with Gasteiger partial charge in [0.05, 0.1) is 6.04 Å². The van der Waals surface area contributed by atoms with Crippen LogP contribution < -0.4 is 5.32 Å². The van der Waals surface area contributed by atoms with Gasteiger partial charge in [0, 0.05) is 10.7 Å². The van der Waals surface area contributed by atoms with Gasteiger partial charge in [-0.25, -0.2) is 4.39 Å². The summed E-state index contributed by atoms with van der Waals surface area (Å²) in [5, 5.41) is 4.24. The van der Waals surface area contributed by atoms with Gasteiger partial charge in [-0.05, 0) is 60.7 Å². The second kappa shape index (κ2) is 5.22. The Bertz CT molecular complexity index is 546. The fourth-order valence-electron chi connectivity index (χ4n) is 2.30. The first kappa shape index (κ1) is 12.5. The maximum absolute atomic E-state index is 12.9. The minimum atomic E-state index is -0.208. The Morgan fingerprint density at radius 1 is 1.00 bits per heavy atom. The minimum Gasteiger partial charge on any atom is -0.378 e. The number of hydrogen-bond donors (Lipinski definition) is 1. The molecule has 1 N–H and O–H groups in total. The molecular formula is C16H15ClFN. The van der Waals surface area contributed by atoms with Gasteiger partial charge < -0.3 is 5.32 Å². The summed E-state index contributed by atoms with van der Waals surface area (Å²) in [7, 11) is 0. The molecule has 0 radical (unpaired) electrons. The minimum absolute atomic E-state index is 0.208. The monoisotopic (exact) mass is 275 g/mol. The summed E-state index contributed by atoms with van der Waals surface area (Å²) >= 11 is 5.93. The summed E-state index contributed by atoms with van der Waals surface area (Å²) in [6, 6.07) is 14.7. The Balaban J connectivity index is 1.81. The van der Waals surface area contributed by atoms with Gasteiger partial charge in [0.15, 0.2) is 0 Å². The quantitative estimate of drug-likeness (QED) is 0.824. The third-order valence-corrected chi connectivity index (χ3v) is 3.74. The predicted molar refractivity (Wildman–Crippen MR) is 76.9 cm³/mol. The van der Waals surface area contributed by atoms with E-state index in [-0.39, 0.29) is 11.9 Å². The number of rotatable bonds is 4. The highest BCUT2D eigenvalue weighted by Crippen LogP contribution is 2.43. The van der Waals surface area contributed by atoms with Gasteiger partial charge in [0.1, 0.15) is 5.82 Å². The van der Waals surface area contributed by atoms with Gasteiger partial charge in [-0.3, -0.25) is 0 Å². The zero-order valence-corrected chi connectivity index (χ0v) is 11.2. The Kier molecular flexibility index (Phi) is 3.43. The third-order valence-electron chi connectivity index (χ3n) is 3.49. The molecule has 0 bridgehead atoms. The molecule has 3 rings (SSSR count). The number of nitrogens with one attached hydrogen (secondary N) is 1. The van der Waals surface area contributed by atoms with E-state index in [1.165, 1.54) is 30.5 Å². The molecule has 2 aromatic carbocycles. The molecule has 1 unspecified atom stereocenters. The molecule has 1 aliphatic rings. The molecular weight excluding hydrogens is 261 g/mol. The van der Waals surface area contributed by atoms with Crippen LogP contribution in [0.4, 0.5) is 10.1 Å². The first-order valence-electron chi connectivity index (χ1n) is 6.50. The van der Waals surface area contributed by atoms with Crippen LogP contribution in [0.3, 0.4) is 0 Å². The molecule has 1 aliphatic carbocycles. The SMILES string of the molecule is Fc1ccc(NC(c2ccc(Cl)cc2)C2CC2)cc1. The first-order valence-corrected chi connectivity index (χ1v) is 6.88. The zero-order chi connectivity index (χ0) is 13.2. The van der Waals surface area contributed by atoms with Crippen LogP contribution in [0.5, 0.6) is 0 Å². The van der Waals surface area contributed by atoms with E-state index in [1.54, 1.807) is 12.1 Å². The predicted octanol–water partition coefficient (Wildman–Crippen LogP) is 5.04. The van der Waals surface area contributed by atoms with Crippen LogP contribution in [0.1, 0.15) is 24.4 Å². The van der Waals surface area contributed by atoms with Crippen LogP contribution >= 0.6 is 11.6 Å². The molecule has 1 nitrogen and oxygen atoms in total. The van der Waals surface area contributed by atoms with Crippen LogP contribution in [0, 0.1) is 11.7 Å². The van der Waals surface area contributed by atoms with E-state index in [4.69, 9.17) is 11.6 Å². The Morgan fingerprint density at radius 2 is 1.63 bits per heavy atom. The summed E-state index contributed by atoms with van der Waals surface area (Å²) in [6.07, 6.45) is 2.48. The van der Waals surface area contributed by atoms with Crippen molar-refractivity contribution in [3.8, 4) is 0 Å². The standard InChI is InChI=1S/C16H15ClFN/c17-13-5-3-12(4-6-13)16(11-1-2-11)19-15-9-7-14(18)8-10-15/h3-11,16,19H,1-2H2. The fraction of sp³-hybridized carbons (Fsp3) is 0.250. The van der Waals surface area contributed by atoms with Crippen molar-refractivity contribution in [2.45, 2.75) is 18.9 Å². The van der Waals surface area contributed by atoms with Crippen molar-refractivity contribution in [2.24, 2.45) is 5.92 Å². The highest BCUT2D eigenvalue weighted by molar-refractivity contribution is 6.30. The van der Waals surface area contributed by atoms with Crippen molar-refractivity contribution in [3.63, 3.8) is 0 Å². The van der Waals surface area contributed by atoms with Crippen molar-refractivity contribution < 1.29 is 4.39 Å². The normalized spacial score (nSPS) is 16.1. The van der Waals surface area contributed by atoms with E-state index in [2.05, 4.69) is 17.4 Å². The Morgan fingerprint density at radius 3 is 2.21 bits per heavy atom. The second-order valence-corrected chi connectivity index (χ2v) is 5.45. The van der Waals surface area contributed by atoms with E-state index in [0.717, 1.165) is 10.7 Å². The molecule has 3 heteroatoms. The molecule has 0 spiro atoms. The second-order valence-electron chi connectivity index (χ2n) is 5.02. The first-order chi connectivity index (χ1) is 9.22. The molecule has 0 aromatic heterocycles. The van der Waals surface area contributed by atoms with E-state index >= 15 is 0 Å². The third kappa shape index (κ3) is 3.07. The molecule has 0 amide bonds. The van der Waals surface area contributed by atoms with Crippen molar-refractivity contribution in [1.29, 1.82) is 0 Å². The molecule has 0 aliphatic heterocycles. The average molecular weight is 276 g/mol. The largest absolute Gasteiger partial charge is 0.378 e. The lowest BCUT2D eigenvalue weighted by molar-refractivity contribution is 0.627. The summed E-state index contributed by atoms with van der Waals surface area (Å²) in [5.41, 5.74) is 2.18. The molecule has 0 saturated heterocycles. The van der Waals surface area contributed by atoms with Crippen molar-refractivity contribution in [3.05, 3.63) is 64.9 Å². The highest BCUT2D eigenvalue weighted by atomic mass is 35.5. The van der Waals surface area contributed by atoms with Crippen LogP contribution in [0.2, 0.25) is 5.02 Å². The Hall–Kier alpha value is -1.54. The average Bonchev–Trinajstić information content (AvgIpc) is 3.24. The maximum atomic E-state index is 12.9. The van der Waals surface area contributed by atoms with Crippen LogP contribution in [0.25, 0.3) is 0 Å². The molecule has 1 fully saturated rings. The lowest BCUT2D eigenvalue weighted by Gasteiger charge is -2.20. The van der Waals surface area contributed by atoms with Gasteiger partial charge in [0.25, 0.3) is 0 Å². The van der Waals surface area contributed by atoms with Gasteiger partial charge in [-0.1, -0.05) is 23.7 Å². The highest BCUT2D eigenvalue weighted by Gasteiger charge is 2.32. The van der Waals surface area contributed by atoms with E-state index < -0.39 is 0 Å². The van der Waals surface area contributed by atoms with Gasteiger partial charge in [-0.2, -0.15) is 0 Å². The molecule has 19 heavy (non-hydrogen) atoms. The molecule has 1 atom stereocenters. The van der Waals surface area contributed by atoms with Gasteiger partial charge in [-0.15, -0.1) is 0 Å². The number of anilines is 1. The molecule has 2 aromatic rings. The molecule has 0 heterocycles. The summed E-state index contributed by atoms with van der Waals surface area (Å²) in [4.78, 5) is 0. The summed E-state index contributed by atoms with van der Waals surface area (Å²) in [6.45, 7) is 0. The summed E-state index contributed by atoms with van der Waals surface area (Å²) in [5.74, 6) is 0.450. The van der Waals surface area contributed by atoms with Gasteiger partial charge in [0.2, 0.25) is 0 Å². The summed E-state index contributed by atoms with van der Waals surface area (Å²) < 4.78 is 12.9. The maximum Gasteiger partial charge on any atom is 0.123 e. The van der Waals surface area contributed by atoms with Crippen LogP contribution in [-0.4, -0.2) is 0 Å². The van der Waals surface area contributed by atoms with E-state index in [1.807, 2.05) is 12.1 Å². The smallest absolute Gasteiger partial charge is 0.123 e. The van der Waals surface area contributed by atoms with Crippen LogP contribution in [-0.2, 0) is 0 Å². The number of halogens is 2. The van der Waals surface area contributed by atoms with Crippen molar-refractivity contribution in [1.82, 2.24) is 0 Å². The molecule has 98 valence electrons. The van der Waals surface area contributed by atoms with Crippen LogP contribution in [0.15, 0.2) is 48.5 Å². The fourth-order valence-corrected chi connectivity index (χ4v) is 2.42. The topological polar surface area (TPSA) is 12.0 Å². The van der Waals surface area contributed by atoms with Crippen molar-refractivity contribution in [2.75, 3.05) is 5.32 Å². The van der Waals surface area contributed by atoms with E-state index in [9.17, 15) is 4.39 Å². The Labute approximate surface area is 117 Å². The zero-order valence-electron chi connectivity index (χ0n) is 10.4. The van der Waals surface area contributed by atoms with Crippen molar-refractivity contribution >= 4 is 17.3 Å². The number of benzene rings is 2.